The summed E-state index contributed by atoms with van der Waals surface area (Å²) in [5.74, 6) is 1.62. The van der Waals surface area contributed by atoms with Crippen LogP contribution in [0.1, 0.15) is 17.2 Å². The summed E-state index contributed by atoms with van der Waals surface area (Å²) >= 11 is 0. The maximum Gasteiger partial charge on any atom is 0.170 e. The molecule has 0 fully saturated rings. The first-order valence-corrected chi connectivity index (χ1v) is 12.2. The van der Waals surface area contributed by atoms with Gasteiger partial charge in [0, 0.05) is 5.56 Å². The van der Waals surface area contributed by atoms with Gasteiger partial charge in [0.25, 0.3) is 0 Å². The Morgan fingerprint density at radius 2 is 1.16 bits per heavy atom. The van der Waals surface area contributed by atoms with Gasteiger partial charge in [-0.1, -0.05) is 84.9 Å². The quantitative estimate of drug-likeness (QED) is 0.228. The van der Waals surface area contributed by atoms with E-state index in [9.17, 15) is 10.2 Å². The summed E-state index contributed by atoms with van der Waals surface area (Å²) in [6.45, 7) is 0. The molecular formula is C33H28O5. The van der Waals surface area contributed by atoms with Crippen molar-refractivity contribution in [2.24, 2.45) is 0 Å². The van der Waals surface area contributed by atoms with Crippen LogP contribution in [-0.4, -0.2) is 24.4 Å². The standard InChI is InChI=1S/C33H28O5/c1-36-29-21-28(33(37-2)31(35)30(29)23-13-17-26(34)18-14-23)22-15-19-27(20-16-22)38-32(24-9-5-3-6-10-24)25-11-7-4-8-12-25/h3-21,32,34-35H,1-2H3. The normalized spacial score (nSPS) is 10.8. The number of aromatic hydroxyl groups is 2. The lowest BCUT2D eigenvalue weighted by atomic mass is 9.96. The topological polar surface area (TPSA) is 68.2 Å². The minimum Gasteiger partial charge on any atom is -0.508 e. The van der Waals surface area contributed by atoms with Crippen LogP contribution in [0.4, 0.5) is 0 Å². The van der Waals surface area contributed by atoms with E-state index in [1.807, 2.05) is 66.7 Å². The van der Waals surface area contributed by atoms with Crippen molar-refractivity contribution in [1.29, 1.82) is 0 Å². The third-order valence-electron chi connectivity index (χ3n) is 6.42. The number of hydrogen-bond donors (Lipinski definition) is 2. The molecule has 5 aromatic carbocycles. The fourth-order valence-electron chi connectivity index (χ4n) is 4.55. The highest BCUT2D eigenvalue weighted by molar-refractivity contribution is 5.87. The molecule has 5 nitrogen and oxygen atoms in total. The van der Waals surface area contributed by atoms with Crippen molar-refractivity contribution in [2.45, 2.75) is 6.10 Å². The predicted molar refractivity (Wildman–Crippen MR) is 149 cm³/mol. The number of phenols is 2. The molecule has 0 aliphatic rings. The molecule has 38 heavy (non-hydrogen) atoms. The number of ether oxygens (including phenoxy) is 3. The zero-order valence-electron chi connectivity index (χ0n) is 21.2. The van der Waals surface area contributed by atoms with Gasteiger partial charge in [0.15, 0.2) is 11.5 Å². The summed E-state index contributed by atoms with van der Waals surface area (Å²) in [6, 6.07) is 36.3. The van der Waals surface area contributed by atoms with Gasteiger partial charge in [0.05, 0.1) is 19.8 Å². The maximum atomic E-state index is 11.2. The third-order valence-corrected chi connectivity index (χ3v) is 6.42. The maximum absolute atomic E-state index is 11.2. The summed E-state index contributed by atoms with van der Waals surface area (Å²) < 4.78 is 17.7. The molecule has 0 heterocycles. The van der Waals surface area contributed by atoms with E-state index in [4.69, 9.17) is 14.2 Å². The molecular weight excluding hydrogens is 476 g/mol. The van der Waals surface area contributed by atoms with E-state index in [1.165, 1.54) is 7.11 Å². The van der Waals surface area contributed by atoms with E-state index in [2.05, 4.69) is 24.3 Å². The molecule has 0 amide bonds. The third kappa shape index (κ3) is 5.00. The van der Waals surface area contributed by atoms with Crippen LogP contribution in [0.2, 0.25) is 0 Å². The first-order chi connectivity index (χ1) is 18.6. The molecule has 0 aliphatic heterocycles. The van der Waals surface area contributed by atoms with Crippen molar-refractivity contribution in [2.75, 3.05) is 14.2 Å². The summed E-state index contributed by atoms with van der Waals surface area (Å²) in [6.07, 6.45) is -0.258. The Balaban J connectivity index is 1.50. The number of benzene rings is 5. The van der Waals surface area contributed by atoms with Gasteiger partial charge in [-0.05, 0) is 52.6 Å². The SMILES string of the molecule is COc1cc(-c2ccc(OC(c3ccccc3)c3ccccc3)cc2)c(OC)c(O)c1-c1ccc(O)cc1. The lowest BCUT2D eigenvalue weighted by molar-refractivity contribution is 0.247. The average molecular weight is 505 g/mol. The fraction of sp³-hybridized carbons (Fsp3) is 0.0909. The Hall–Kier alpha value is -4.90. The summed E-state index contributed by atoms with van der Waals surface area (Å²) in [5.41, 5.74) is 4.81. The monoisotopic (exact) mass is 504 g/mol. The van der Waals surface area contributed by atoms with Crippen LogP contribution in [0.3, 0.4) is 0 Å². The predicted octanol–water partition coefficient (Wildman–Crippen LogP) is 7.62. The second-order valence-corrected chi connectivity index (χ2v) is 8.77. The molecule has 0 saturated carbocycles. The second kappa shape index (κ2) is 11.0. The van der Waals surface area contributed by atoms with Crippen LogP contribution in [0.25, 0.3) is 22.3 Å². The first kappa shape index (κ1) is 24.8. The van der Waals surface area contributed by atoms with Gasteiger partial charge >= 0.3 is 0 Å². The van der Waals surface area contributed by atoms with Gasteiger partial charge in [-0.15, -0.1) is 0 Å². The van der Waals surface area contributed by atoms with Gasteiger partial charge in [0.1, 0.15) is 23.4 Å². The molecule has 0 radical (unpaired) electrons. The van der Waals surface area contributed by atoms with Crippen LogP contribution in [0, 0.1) is 0 Å². The Morgan fingerprint density at radius 1 is 0.605 bits per heavy atom. The molecule has 0 aliphatic carbocycles. The molecule has 5 heteroatoms. The van der Waals surface area contributed by atoms with Crippen molar-refractivity contribution in [3.05, 3.63) is 126 Å². The van der Waals surface area contributed by atoms with Crippen molar-refractivity contribution >= 4 is 0 Å². The summed E-state index contributed by atoms with van der Waals surface area (Å²) in [7, 11) is 3.08. The molecule has 0 bridgehead atoms. The van der Waals surface area contributed by atoms with Crippen molar-refractivity contribution in [3.8, 4) is 51.0 Å². The molecule has 190 valence electrons. The lowest BCUT2D eigenvalue weighted by Crippen LogP contribution is -2.09. The van der Waals surface area contributed by atoms with E-state index < -0.39 is 0 Å². The summed E-state index contributed by atoms with van der Waals surface area (Å²) in [4.78, 5) is 0. The molecule has 5 rings (SSSR count). The van der Waals surface area contributed by atoms with Gasteiger partial charge < -0.3 is 24.4 Å². The molecule has 0 spiro atoms. The van der Waals surface area contributed by atoms with Crippen LogP contribution >= 0.6 is 0 Å². The highest BCUT2D eigenvalue weighted by Crippen LogP contribution is 2.49. The van der Waals surface area contributed by atoms with E-state index in [0.717, 1.165) is 16.7 Å². The number of hydrogen-bond acceptors (Lipinski definition) is 5. The molecule has 5 aromatic rings. The van der Waals surface area contributed by atoms with Crippen molar-refractivity contribution in [1.82, 2.24) is 0 Å². The van der Waals surface area contributed by atoms with Crippen molar-refractivity contribution in [3.63, 3.8) is 0 Å². The average Bonchev–Trinajstić information content (AvgIpc) is 2.97. The zero-order valence-corrected chi connectivity index (χ0v) is 21.2. The molecule has 2 N–H and O–H groups in total. The lowest BCUT2D eigenvalue weighted by Gasteiger charge is -2.21. The van der Waals surface area contributed by atoms with E-state index >= 15 is 0 Å². The second-order valence-electron chi connectivity index (χ2n) is 8.77. The minimum absolute atomic E-state index is 0.0407. The molecule has 0 aromatic heterocycles. The Morgan fingerprint density at radius 3 is 1.68 bits per heavy atom. The Kier molecular flexibility index (Phi) is 7.18. The Labute approximate surface area is 222 Å². The van der Waals surface area contributed by atoms with Crippen molar-refractivity contribution < 1.29 is 24.4 Å². The summed E-state index contributed by atoms with van der Waals surface area (Å²) in [5, 5.41) is 20.9. The zero-order chi connectivity index (χ0) is 26.5. The van der Waals surface area contributed by atoms with Gasteiger partial charge in [-0.3, -0.25) is 0 Å². The van der Waals surface area contributed by atoms with Crippen LogP contribution in [0.5, 0.6) is 28.7 Å². The van der Waals surface area contributed by atoms with E-state index in [-0.39, 0.29) is 17.6 Å². The molecule has 0 unspecified atom stereocenters. The number of phenolic OH excluding ortho intramolecular Hbond substituents is 2. The smallest absolute Gasteiger partial charge is 0.170 e. The molecule has 0 saturated heterocycles. The van der Waals surface area contributed by atoms with Crippen LogP contribution in [-0.2, 0) is 0 Å². The molecule has 0 atom stereocenters. The number of methoxy groups -OCH3 is 2. The number of rotatable bonds is 8. The van der Waals surface area contributed by atoms with Gasteiger partial charge in [-0.2, -0.15) is 0 Å². The van der Waals surface area contributed by atoms with E-state index in [1.54, 1.807) is 31.4 Å². The van der Waals surface area contributed by atoms with Crippen LogP contribution in [0.15, 0.2) is 115 Å². The Bertz CT molecular complexity index is 1460. The first-order valence-electron chi connectivity index (χ1n) is 12.2. The highest BCUT2D eigenvalue weighted by Gasteiger charge is 2.22. The van der Waals surface area contributed by atoms with E-state index in [0.29, 0.717) is 33.9 Å². The fourth-order valence-corrected chi connectivity index (χ4v) is 4.55. The highest BCUT2D eigenvalue weighted by atomic mass is 16.5. The minimum atomic E-state index is -0.258. The van der Waals surface area contributed by atoms with Gasteiger partial charge in [-0.25, -0.2) is 0 Å². The van der Waals surface area contributed by atoms with Gasteiger partial charge in [0.2, 0.25) is 0 Å². The largest absolute Gasteiger partial charge is 0.508 e. The van der Waals surface area contributed by atoms with Crippen LogP contribution < -0.4 is 14.2 Å².